The third-order valence-electron chi connectivity index (χ3n) is 3.02. The van der Waals surface area contributed by atoms with Crippen LogP contribution in [0.5, 0.6) is 5.75 Å². The summed E-state index contributed by atoms with van der Waals surface area (Å²) < 4.78 is 10.2. The maximum Gasteiger partial charge on any atom is 0.174 e. The number of ether oxygens (including phenoxy) is 2. The highest BCUT2D eigenvalue weighted by molar-refractivity contribution is 6.14. The van der Waals surface area contributed by atoms with Crippen LogP contribution in [0, 0.1) is 0 Å². The smallest absolute Gasteiger partial charge is 0.174 e. The molecule has 0 radical (unpaired) electrons. The molecular weight excluding hydrogens is 244 g/mol. The topological polar surface area (TPSA) is 52.6 Å². The van der Waals surface area contributed by atoms with Gasteiger partial charge in [0.2, 0.25) is 0 Å². The molecule has 0 N–H and O–H groups in total. The van der Waals surface area contributed by atoms with Crippen LogP contribution in [0.2, 0.25) is 0 Å². The quantitative estimate of drug-likeness (QED) is 0.603. The maximum atomic E-state index is 12.1. The van der Waals surface area contributed by atoms with Gasteiger partial charge in [0, 0.05) is 5.57 Å². The number of hydrogen-bond donors (Lipinski definition) is 0. The summed E-state index contributed by atoms with van der Waals surface area (Å²) in [5, 5.41) is 0. The third kappa shape index (κ3) is 3.22. The van der Waals surface area contributed by atoms with E-state index in [0.717, 1.165) is 6.42 Å². The molecule has 0 bridgehead atoms. The van der Waals surface area contributed by atoms with E-state index in [1.165, 1.54) is 13.4 Å². The van der Waals surface area contributed by atoms with Crippen LogP contribution < -0.4 is 4.74 Å². The second-order valence-corrected chi connectivity index (χ2v) is 4.34. The number of methoxy groups -OCH3 is 1. The number of carbonyl (C=O) groups is 2. The minimum atomic E-state index is -0.228. The van der Waals surface area contributed by atoms with E-state index in [4.69, 9.17) is 9.47 Å². The highest BCUT2D eigenvalue weighted by Gasteiger charge is 2.19. The number of allylic oxidation sites excluding steroid dienone is 1. The molecule has 4 heteroatoms. The first kappa shape index (κ1) is 13.3. The number of carbonyl (C=O) groups excluding carboxylic acids is 2. The zero-order valence-electron chi connectivity index (χ0n) is 10.8. The van der Waals surface area contributed by atoms with Gasteiger partial charge < -0.3 is 9.47 Å². The molecule has 0 saturated heterocycles. The molecule has 1 aromatic rings. The summed E-state index contributed by atoms with van der Waals surface area (Å²) in [6.07, 6.45) is 2.83. The fourth-order valence-electron chi connectivity index (χ4n) is 2.00. The molecule has 0 amide bonds. The van der Waals surface area contributed by atoms with Gasteiger partial charge in [0.05, 0.1) is 32.0 Å². The van der Waals surface area contributed by atoms with Crippen molar-refractivity contribution in [2.75, 3.05) is 13.7 Å². The minimum absolute atomic E-state index is 0.143. The average Bonchev–Trinajstić information content (AvgIpc) is 2.48. The van der Waals surface area contributed by atoms with Crippen LogP contribution in [0.4, 0.5) is 0 Å². The lowest BCUT2D eigenvalue weighted by molar-refractivity contribution is -0.115. The molecule has 4 nitrogen and oxygen atoms in total. The molecule has 100 valence electrons. The van der Waals surface area contributed by atoms with Crippen molar-refractivity contribution in [3.63, 3.8) is 0 Å². The normalized spacial score (nSPS) is 14.3. The Bertz CT molecular complexity index is 517. The highest BCUT2D eigenvalue weighted by Crippen LogP contribution is 2.21. The van der Waals surface area contributed by atoms with Crippen LogP contribution in [0.1, 0.15) is 29.6 Å². The summed E-state index contributed by atoms with van der Waals surface area (Å²) in [4.78, 5) is 24.1. The summed E-state index contributed by atoms with van der Waals surface area (Å²) in [6, 6.07) is 6.92. The van der Waals surface area contributed by atoms with Gasteiger partial charge in [0.25, 0.3) is 0 Å². The fourth-order valence-corrected chi connectivity index (χ4v) is 2.00. The highest BCUT2D eigenvalue weighted by atomic mass is 16.5. The van der Waals surface area contributed by atoms with E-state index in [9.17, 15) is 9.59 Å². The first-order chi connectivity index (χ1) is 9.22. The van der Waals surface area contributed by atoms with E-state index < -0.39 is 0 Å². The molecule has 0 atom stereocenters. The van der Waals surface area contributed by atoms with Crippen molar-refractivity contribution in [3.05, 3.63) is 41.7 Å². The Balaban J connectivity index is 2.08. The van der Waals surface area contributed by atoms with E-state index in [1.54, 1.807) is 24.3 Å². The second-order valence-electron chi connectivity index (χ2n) is 4.34. The number of para-hydroxylation sites is 1. The fraction of sp³-hybridized carbons (Fsp3) is 0.333. The average molecular weight is 260 g/mol. The minimum Gasteiger partial charge on any atom is -0.501 e. The van der Waals surface area contributed by atoms with Gasteiger partial charge in [-0.15, -0.1) is 0 Å². The van der Waals surface area contributed by atoms with Gasteiger partial charge in [-0.2, -0.15) is 0 Å². The largest absolute Gasteiger partial charge is 0.501 e. The molecular formula is C15H16O4. The molecule has 0 fully saturated rings. The maximum absolute atomic E-state index is 12.1. The zero-order chi connectivity index (χ0) is 13.7. The molecule has 0 aromatic heterocycles. The van der Waals surface area contributed by atoms with Crippen LogP contribution in [-0.4, -0.2) is 25.3 Å². The first-order valence-corrected chi connectivity index (χ1v) is 6.22. The number of rotatable bonds is 5. The first-order valence-electron chi connectivity index (χ1n) is 6.22. The van der Waals surface area contributed by atoms with Gasteiger partial charge in [-0.25, -0.2) is 0 Å². The Labute approximate surface area is 112 Å². The lowest BCUT2D eigenvalue weighted by Crippen LogP contribution is -2.14. The zero-order valence-corrected chi connectivity index (χ0v) is 10.8. The lowest BCUT2D eigenvalue weighted by atomic mass is 9.98. The number of ketones is 2. The van der Waals surface area contributed by atoms with Crippen LogP contribution in [0.15, 0.2) is 36.1 Å². The van der Waals surface area contributed by atoms with Gasteiger partial charge in [-0.3, -0.25) is 9.59 Å². The Morgan fingerprint density at radius 2 is 2.05 bits per heavy atom. The predicted molar refractivity (Wildman–Crippen MR) is 70.2 cm³/mol. The predicted octanol–water partition coefficient (Wildman–Crippen LogP) is 2.53. The Hall–Kier alpha value is -2.10. The molecule has 0 saturated carbocycles. The Kier molecular flexibility index (Phi) is 4.34. The van der Waals surface area contributed by atoms with Gasteiger partial charge >= 0.3 is 0 Å². The summed E-state index contributed by atoms with van der Waals surface area (Å²) in [6.45, 7) is 0.636. The lowest BCUT2D eigenvalue weighted by Gasteiger charge is -2.12. The van der Waals surface area contributed by atoms with Crippen molar-refractivity contribution in [1.29, 1.82) is 0 Å². The van der Waals surface area contributed by atoms with Crippen molar-refractivity contribution in [2.24, 2.45) is 0 Å². The molecule has 1 aliphatic rings. The van der Waals surface area contributed by atoms with Crippen molar-refractivity contribution >= 4 is 11.6 Å². The monoisotopic (exact) mass is 260 g/mol. The summed E-state index contributed by atoms with van der Waals surface area (Å²) in [5.74, 6) is 0.0960. The van der Waals surface area contributed by atoms with E-state index in [2.05, 4.69) is 0 Å². The Morgan fingerprint density at radius 1 is 1.26 bits per heavy atom. The van der Waals surface area contributed by atoms with Gasteiger partial charge in [0.15, 0.2) is 11.6 Å². The summed E-state index contributed by atoms with van der Waals surface area (Å²) in [5.41, 5.74) is 1.03. The van der Waals surface area contributed by atoms with Gasteiger partial charge in [0.1, 0.15) is 5.75 Å². The number of hydrogen-bond acceptors (Lipinski definition) is 4. The van der Waals surface area contributed by atoms with Crippen LogP contribution in [-0.2, 0) is 9.53 Å². The number of Topliss-reactive ketones (excluding diaryl/α,β-unsaturated/α-hetero) is 2. The number of benzene rings is 1. The molecule has 1 heterocycles. The molecule has 19 heavy (non-hydrogen) atoms. The van der Waals surface area contributed by atoms with Crippen LogP contribution in [0.3, 0.4) is 0 Å². The van der Waals surface area contributed by atoms with Gasteiger partial charge in [-0.05, 0) is 25.0 Å². The van der Waals surface area contributed by atoms with E-state index in [0.29, 0.717) is 29.9 Å². The third-order valence-corrected chi connectivity index (χ3v) is 3.02. The summed E-state index contributed by atoms with van der Waals surface area (Å²) in [7, 11) is 1.51. The SMILES string of the molecule is COc1ccccc1C(=O)CC(=O)C1=COCCC1. The van der Waals surface area contributed by atoms with Crippen LogP contribution in [0.25, 0.3) is 0 Å². The molecule has 0 spiro atoms. The summed E-state index contributed by atoms with van der Waals surface area (Å²) >= 11 is 0. The molecule has 1 aromatic carbocycles. The van der Waals surface area contributed by atoms with Crippen molar-refractivity contribution in [2.45, 2.75) is 19.3 Å². The van der Waals surface area contributed by atoms with Crippen molar-refractivity contribution < 1.29 is 19.1 Å². The van der Waals surface area contributed by atoms with Crippen LogP contribution >= 0.6 is 0 Å². The van der Waals surface area contributed by atoms with E-state index >= 15 is 0 Å². The Morgan fingerprint density at radius 3 is 2.74 bits per heavy atom. The molecule has 0 unspecified atom stereocenters. The standard InChI is InChI=1S/C15H16O4/c1-18-15-7-3-2-6-12(15)14(17)9-13(16)11-5-4-8-19-10-11/h2-3,6-7,10H,4-5,8-9H2,1H3. The van der Waals surface area contributed by atoms with Gasteiger partial charge in [-0.1, -0.05) is 12.1 Å². The van der Waals surface area contributed by atoms with E-state index in [1.807, 2.05) is 0 Å². The molecule has 0 aliphatic carbocycles. The molecule has 2 rings (SSSR count). The van der Waals surface area contributed by atoms with Crippen molar-refractivity contribution in [3.8, 4) is 5.75 Å². The molecule has 1 aliphatic heterocycles. The van der Waals surface area contributed by atoms with Crippen molar-refractivity contribution in [1.82, 2.24) is 0 Å². The second kappa shape index (κ2) is 6.18. The van der Waals surface area contributed by atoms with E-state index in [-0.39, 0.29) is 18.0 Å².